The third kappa shape index (κ3) is 3.71. The molecule has 1 saturated heterocycles. The molecule has 1 heterocycles. The molecule has 1 atom stereocenters. The molecule has 1 aliphatic rings. The number of amides is 1. The van der Waals surface area contributed by atoms with E-state index in [-0.39, 0.29) is 12.6 Å². The number of carbonyl (C=O) groups excluding carboxylic acids is 1. The predicted octanol–water partition coefficient (Wildman–Crippen LogP) is 1.85. The molecule has 1 amide bonds. The zero-order valence-corrected chi connectivity index (χ0v) is 10.6. The van der Waals surface area contributed by atoms with E-state index in [1.54, 1.807) is 0 Å². The Bertz CT molecular complexity index is 470. The van der Waals surface area contributed by atoms with Crippen molar-refractivity contribution in [3.05, 3.63) is 35.4 Å². The summed E-state index contributed by atoms with van der Waals surface area (Å²) < 4.78 is 48.8. The van der Waals surface area contributed by atoms with Gasteiger partial charge in [0.2, 0.25) is 0 Å². The number of alkyl halides is 3. The molecule has 0 unspecified atom stereocenters. The van der Waals surface area contributed by atoms with Gasteiger partial charge in [0.05, 0.1) is 37.1 Å². The van der Waals surface area contributed by atoms with E-state index in [1.807, 2.05) is 0 Å². The summed E-state index contributed by atoms with van der Waals surface area (Å²) in [6, 6.07) is 4.67. The third-order valence-corrected chi connectivity index (χ3v) is 2.85. The summed E-state index contributed by atoms with van der Waals surface area (Å²) in [6.07, 6.45) is -4.89. The van der Waals surface area contributed by atoms with Gasteiger partial charge in [-0.15, -0.1) is 0 Å². The molecule has 4 nitrogen and oxygen atoms in total. The molecule has 1 aromatic carbocycles. The van der Waals surface area contributed by atoms with Crippen LogP contribution >= 0.6 is 0 Å². The highest BCUT2D eigenvalue weighted by atomic mass is 19.4. The number of carbonyl (C=O) groups is 1. The van der Waals surface area contributed by atoms with Gasteiger partial charge in [0.15, 0.2) is 0 Å². The molecule has 0 aliphatic carbocycles. The first-order chi connectivity index (χ1) is 9.48. The Morgan fingerprint density at radius 2 is 2.05 bits per heavy atom. The second kappa shape index (κ2) is 6.23. The molecule has 110 valence electrons. The Balaban J connectivity index is 2.02. The lowest BCUT2D eigenvalue weighted by Crippen LogP contribution is -2.40. The molecule has 1 N–H and O–H groups in total. The first kappa shape index (κ1) is 14.8. The highest BCUT2D eigenvalue weighted by Crippen LogP contribution is 2.31. The van der Waals surface area contributed by atoms with Gasteiger partial charge >= 0.3 is 6.18 Å². The number of halogens is 3. The summed E-state index contributed by atoms with van der Waals surface area (Å²) in [5.74, 6) is -0.771. The molecule has 2 rings (SSSR count). The minimum absolute atomic E-state index is 0.116. The van der Waals surface area contributed by atoms with Gasteiger partial charge in [-0.1, -0.05) is 12.1 Å². The lowest BCUT2D eigenvalue weighted by atomic mass is 10.1. The molecule has 1 aromatic rings. The highest BCUT2D eigenvalue weighted by Gasteiger charge is 2.34. The zero-order valence-electron chi connectivity index (χ0n) is 10.6. The van der Waals surface area contributed by atoms with Crippen molar-refractivity contribution >= 4 is 5.91 Å². The maximum atomic E-state index is 12.8. The molecular formula is C13H14F3NO3. The Labute approximate surface area is 113 Å². The number of nitrogens with one attached hydrogen (secondary N) is 1. The van der Waals surface area contributed by atoms with Crippen LogP contribution in [0.5, 0.6) is 0 Å². The second-order valence-corrected chi connectivity index (χ2v) is 4.32. The van der Waals surface area contributed by atoms with Crippen molar-refractivity contribution in [3.63, 3.8) is 0 Å². The normalized spacial score (nSPS) is 19.6. The van der Waals surface area contributed by atoms with Crippen LogP contribution in [-0.2, 0) is 15.7 Å². The smallest absolute Gasteiger partial charge is 0.376 e. The van der Waals surface area contributed by atoms with Crippen molar-refractivity contribution < 1.29 is 27.4 Å². The molecule has 0 bridgehead atoms. The Morgan fingerprint density at radius 1 is 1.30 bits per heavy atom. The van der Waals surface area contributed by atoms with Gasteiger partial charge in [0.25, 0.3) is 5.91 Å². The van der Waals surface area contributed by atoms with Gasteiger partial charge in [0.1, 0.15) is 0 Å². The van der Waals surface area contributed by atoms with Crippen molar-refractivity contribution in [1.29, 1.82) is 0 Å². The first-order valence-corrected chi connectivity index (χ1v) is 6.12. The number of hydrogen-bond acceptors (Lipinski definition) is 3. The summed E-state index contributed by atoms with van der Waals surface area (Å²) in [4.78, 5) is 11.8. The van der Waals surface area contributed by atoms with E-state index in [0.29, 0.717) is 19.8 Å². The van der Waals surface area contributed by atoms with E-state index in [4.69, 9.17) is 9.47 Å². The van der Waals surface area contributed by atoms with E-state index >= 15 is 0 Å². The van der Waals surface area contributed by atoms with E-state index in [9.17, 15) is 18.0 Å². The SMILES string of the molecule is O=C(NC[C@@H]1COCCO1)c1ccccc1C(F)(F)F. The fourth-order valence-corrected chi connectivity index (χ4v) is 1.88. The zero-order chi connectivity index (χ0) is 14.6. The summed E-state index contributed by atoms with van der Waals surface area (Å²) in [7, 11) is 0. The van der Waals surface area contributed by atoms with Crippen LogP contribution in [0.25, 0.3) is 0 Å². The second-order valence-electron chi connectivity index (χ2n) is 4.32. The van der Waals surface area contributed by atoms with Gasteiger partial charge in [-0.05, 0) is 12.1 Å². The van der Waals surface area contributed by atoms with Crippen molar-refractivity contribution in [2.24, 2.45) is 0 Å². The summed E-state index contributed by atoms with van der Waals surface area (Å²) >= 11 is 0. The molecule has 0 saturated carbocycles. The van der Waals surface area contributed by atoms with Gasteiger partial charge in [-0.3, -0.25) is 4.79 Å². The number of rotatable bonds is 3. The van der Waals surface area contributed by atoms with Crippen LogP contribution in [0.4, 0.5) is 13.2 Å². The fraction of sp³-hybridized carbons (Fsp3) is 0.462. The number of benzene rings is 1. The summed E-state index contributed by atoms with van der Waals surface area (Å²) in [6.45, 7) is 1.34. The van der Waals surface area contributed by atoms with Crippen LogP contribution in [0.1, 0.15) is 15.9 Å². The van der Waals surface area contributed by atoms with Gasteiger partial charge in [0, 0.05) is 6.54 Å². The predicted molar refractivity (Wildman–Crippen MR) is 64.3 cm³/mol. The minimum Gasteiger partial charge on any atom is -0.376 e. The van der Waals surface area contributed by atoms with Crippen LogP contribution < -0.4 is 5.32 Å². The molecule has 20 heavy (non-hydrogen) atoms. The monoisotopic (exact) mass is 289 g/mol. The fourth-order valence-electron chi connectivity index (χ4n) is 1.88. The van der Waals surface area contributed by atoms with Crippen LogP contribution in [0.2, 0.25) is 0 Å². The van der Waals surface area contributed by atoms with Crippen molar-refractivity contribution in [2.45, 2.75) is 12.3 Å². The topological polar surface area (TPSA) is 47.6 Å². The average Bonchev–Trinajstić information content (AvgIpc) is 2.45. The maximum Gasteiger partial charge on any atom is 0.417 e. The molecule has 0 aromatic heterocycles. The Hall–Kier alpha value is -1.60. The summed E-state index contributed by atoms with van der Waals surface area (Å²) in [5, 5.41) is 2.44. The lowest BCUT2D eigenvalue weighted by Gasteiger charge is -2.23. The van der Waals surface area contributed by atoms with Gasteiger partial charge in [-0.25, -0.2) is 0 Å². The third-order valence-electron chi connectivity index (χ3n) is 2.85. The van der Waals surface area contributed by atoms with Crippen LogP contribution in [-0.4, -0.2) is 38.4 Å². The molecule has 1 fully saturated rings. The van der Waals surface area contributed by atoms with Crippen LogP contribution in [0, 0.1) is 0 Å². The van der Waals surface area contributed by atoms with E-state index in [2.05, 4.69) is 5.32 Å². The maximum absolute atomic E-state index is 12.8. The van der Waals surface area contributed by atoms with Gasteiger partial charge < -0.3 is 14.8 Å². The highest BCUT2D eigenvalue weighted by molar-refractivity contribution is 5.95. The number of ether oxygens (including phenoxy) is 2. The molecule has 1 aliphatic heterocycles. The Kier molecular flexibility index (Phi) is 4.61. The van der Waals surface area contributed by atoms with Crippen molar-refractivity contribution in [3.8, 4) is 0 Å². The van der Waals surface area contributed by atoms with Crippen molar-refractivity contribution in [2.75, 3.05) is 26.4 Å². The number of hydrogen-bond donors (Lipinski definition) is 1. The van der Waals surface area contributed by atoms with E-state index < -0.39 is 23.2 Å². The molecule has 0 radical (unpaired) electrons. The van der Waals surface area contributed by atoms with E-state index in [1.165, 1.54) is 12.1 Å². The Morgan fingerprint density at radius 3 is 2.70 bits per heavy atom. The van der Waals surface area contributed by atoms with Crippen LogP contribution in [0.15, 0.2) is 24.3 Å². The van der Waals surface area contributed by atoms with Crippen LogP contribution in [0.3, 0.4) is 0 Å². The molecule has 7 heteroatoms. The standard InChI is InChI=1S/C13H14F3NO3/c14-13(15,16)11-4-2-1-3-10(11)12(18)17-7-9-8-19-5-6-20-9/h1-4,9H,5-8H2,(H,17,18)/t9-/m1/s1. The van der Waals surface area contributed by atoms with Crippen molar-refractivity contribution in [1.82, 2.24) is 5.32 Å². The average molecular weight is 289 g/mol. The summed E-state index contributed by atoms with van der Waals surface area (Å²) in [5.41, 5.74) is -1.34. The minimum atomic E-state index is -4.56. The quantitative estimate of drug-likeness (QED) is 0.924. The molecular weight excluding hydrogens is 275 g/mol. The van der Waals surface area contributed by atoms with Gasteiger partial charge in [-0.2, -0.15) is 13.2 Å². The lowest BCUT2D eigenvalue weighted by molar-refractivity contribution is -0.137. The first-order valence-electron chi connectivity index (χ1n) is 6.12. The molecule has 0 spiro atoms. The van der Waals surface area contributed by atoms with E-state index in [0.717, 1.165) is 12.1 Å². The largest absolute Gasteiger partial charge is 0.417 e.